The Balaban J connectivity index is 0.00000261. The molecule has 1 atom stereocenters. The van der Waals surface area contributed by atoms with E-state index in [1.54, 1.807) is 7.11 Å². The monoisotopic (exact) mass is 488 g/mol. The van der Waals surface area contributed by atoms with Crippen molar-refractivity contribution in [1.82, 2.24) is 10.6 Å². The van der Waals surface area contributed by atoms with Gasteiger partial charge in [0, 0.05) is 42.8 Å². The van der Waals surface area contributed by atoms with Crippen molar-refractivity contribution >= 4 is 35.6 Å². The Morgan fingerprint density at radius 2 is 2.22 bits per heavy atom. The maximum Gasteiger partial charge on any atom is 0.191 e. The van der Waals surface area contributed by atoms with Crippen molar-refractivity contribution < 1.29 is 9.47 Å². The lowest BCUT2D eigenvalue weighted by atomic mass is 9.89. The number of nitrogens with zero attached hydrogens (tertiary/aromatic N) is 2. The van der Waals surface area contributed by atoms with Gasteiger partial charge in [0.1, 0.15) is 5.75 Å². The van der Waals surface area contributed by atoms with E-state index in [2.05, 4.69) is 47.6 Å². The highest BCUT2D eigenvalue weighted by Crippen LogP contribution is 2.27. The number of hydrogen-bond donors (Lipinski definition) is 2. The number of hydrogen-bond acceptors (Lipinski definition) is 4. The fourth-order valence-corrected chi connectivity index (χ4v) is 3.46. The molecule has 1 unspecified atom stereocenters. The highest BCUT2D eigenvalue weighted by atomic mass is 127. The first kappa shape index (κ1) is 22.1. The summed E-state index contributed by atoms with van der Waals surface area (Å²) >= 11 is 0. The van der Waals surface area contributed by atoms with Crippen LogP contribution in [-0.2, 0) is 4.74 Å². The Kier molecular flexibility index (Phi) is 8.47. The van der Waals surface area contributed by atoms with E-state index in [9.17, 15) is 0 Å². The van der Waals surface area contributed by atoms with Crippen LogP contribution in [0.1, 0.15) is 26.7 Å². The lowest BCUT2D eigenvalue weighted by Crippen LogP contribution is -2.52. The number of ether oxygens (including phenoxy) is 2. The first-order chi connectivity index (χ1) is 12.6. The first-order valence-electron chi connectivity index (χ1n) is 9.63. The van der Waals surface area contributed by atoms with Gasteiger partial charge in [-0.25, -0.2) is 0 Å². The highest BCUT2D eigenvalue weighted by Gasteiger charge is 2.33. The molecule has 1 aromatic carbocycles. The summed E-state index contributed by atoms with van der Waals surface area (Å²) in [5.41, 5.74) is 1.42. The maximum atomic E-state index is 5.37. The van der Waals surface area contributed by atoms with Gasteiger partial charge < -0.3 is 25.0 Å². The smallest absolute Gasteiger partial charge is 0.191 e. The summed E-state index contributed by atoms with van der Waals surface area (Å²) in [6, 6.07) is 8.70. The van der Waals surface area contributed by atoms with Gasteiger partial charge in [0.2, 0.25) is 0 Å². The minimum Gasteiger partial charge on any atom is -0.497 e. The number of rotatable bonds is 6. The van der Waals surface area contributed by atoms with Crippen LogP contribution in [0.2, 0.25) is 0 Å². The minimum absolute atomic E-state index is 0. The number of aliphatic imine (C=N–C) groups is 1. The minimum atomic E-state index is 0. The average Bonchev–Trinajstić information content (AvgIpc) is 2.65. The molecule has 0 bridgehead atoms. The van der Waals surface area contributed by atoms with Crippen molar-refractivity contribution in [2.75, 3.05) is 51.4 Å². The number of piperidine rings is 1. The second-order valence-electron chi connectivity index (χ2n) is 7.63. The lowest BCUT2D eigenvalue weighted by molar-refractivity contribution is -0.0945. The Labute approximate surface area is 180 Å². The van der Waals surface area contributed by atoms with Crippen LogP contribution in [0.3, 0.4) is 0 Å². The second kappa shape index (κ2) is 10.4. The molecule has 0 aliphatic carbocycles. The summed E-state index contributed by atoms with van der Waals surface area (Å²) in [7, 11) is 1.71. The van der Waals surface area contributed by atoms with Crippen LogP contribution in [0, 0.1) is 5.41 Å². The normalized spacial score (nSPS) is 21.7. The summed E-state index contributed by atoms with van der Waals surface area (Å²) in [4.78, 5) is 7.23. The molecule has 2 aliphatic rings. The standard InChI is InChI=1S/C20H32N4O2.HI/c1-4-21-19(22-13-20(2)14-26-15-20)23-16-7-6-10-24(12-16)17-8-5-9-18(11-17)25-3;/h5,8-9,11,16H,4,6-7,10,12-15H2,1-3H3,(H2,21,22,23);1H. The molecule has 0 saturated carbocycles. The Morgan fingerprint density at radius 3 is 2.89 bits per heavy atom. The summed E-state index contributed by atoms with van der Waals surface area (Å²) < 4.78 is 10.7. The predicted octanol–water partition coefficient (Wildman–Crippen LogP) is 2.87. The largest absolute Gasteiger partial charge is 0.497 e. The zero-order chi connectivity index (χ0) is 18.4. The highest BCUT2D eigenvalue weighted by molar-refractivity contribution is 14.0. The lowest BCUT2D eigenvalue weighted by Gasteiger charge is -2.37. The number of methoxy groups -OCH3 is 1. The van der Waals surface area contributed by atoms with Crippen LogP contribution in [-0.4, -0.2) is 58.5 Å². The predicted molar refractivity (Wildman–Crippen MR) is 122 cm³/mol. The summed E-state index contributed by atoms with van der Waals surface area (Å²) in [5.74, 6) is 1.82. The molecule has 0 aromatic heterocycles. The SMILES string of the molecule is CCNC(=NCC1(C)COC1)NC1CCCN(c2cccc(OC)c2)C1.I. The van der Waals surface area contributed by atoms with E-state index in [1.807, 2.05) is 6.07 Å². The van der Waals surface area contributed by atoms with E-state index < -0.39 is 0 Å². The van der Waals surface area contributed by atoms with Gasteiger partial charge in [0.15, 0.2) is 5.96 Å². The van der Waals surface area contributed by atoms with Gasteiger partial charge in [0.25, 0.3) is 0 Å². The molecule has 152 valence electrons. The molecule has 2 heterocycles. The summed E-state index contributed by atoms with van der Waals surface area (Å²) in [6.07, 6.45) is 2.32. The molecule has 0 amide bonds. The molecular weight excluding hydrogens is 455 g/mol. The topological polar surface area (TPSA) is 58.1 Å². The third-order valence-electron chi connectivity index (χ3n) is 5.04. The van der Waals surface area contributed by atoms with Gasteiger partial charge in [-0.1, -0.05) is 13.0 Å². The number of benzene rings is 1. The van der Waals surface area contributed by atoms with Crippen molar-refractivity contribution in [3.8, 4) is 5.75 Å². The Morgan fingerprint density at radius 1 is 1.41 bits per heavy atom. The van der Waals surface area contributed by atoms with E-state index in [-0.39, 0.29) is 29.4 Å². The molecule has 2 N–H and O–H groups in total. The number of anilines is 1. The van der Waals surface area contributed by atoms with Crippen molar-refractivity contribution in [2.45, 2.75) is 32.7 Å². The first-order valence-corrected chi connectivity index (χ1v) is 9.63. The van der Waals surface area contributed by atoms with Crippen LogP contribution in [0.15, 0.2) is 29.3 Å². The molecule has 1 aromatic rings. The van der Waals surface area contributed by atoms with Gasteiger partial charge in [0.05, 0.1) is 26.9 Å². The van der Waals surface area contributed by atoms with Crippen molar-refractivity contribution in [1.29, 1.82) is 0 Å². The third kappa shape index (κ3) is 6.14. The molecule has 0 radical (unpaired) electrons. The molecule has 2 aliphatic heterocycles. The molecule has 2 saturated heterocycles. The Hall–Kier alpha value is -1.22. The van der Waals surface area contributed by atoms with Crippen LogP contribution < -0.4 is 20.3 Å². The van der Waals surface area contributed by atoms with Crippen molar-refractivity contribution in [3.05, 3.63) is 24.3 Å². The second-order valence-corrected chi connectivity index (χ2v) is 7.63. The van der Waals surface area contributed by atoms with Gasteiger partial charge in [-0.15, -0.1) is 24.0 Å². The molecule has 6 nitrogen and oxygen atoms in total. The van der Waals surface area contributed by atoms with E-state index in [0.29, 0.717) is 6.04 Å². The van der Waals surface area contributed by atoms with Gasteiger partial charge in [-0.3, -0.25) is 4.99 Å². The maximum absolute atomic E-state index is 5.37. The average molecular weight is 488 g/mol. The van der Waals surface area contributed by atoms with E-state index in [4.69, 9.17) is 14.5 Å². The van der Waals surface area contributed by atoms with Gasteiger partial charge in [-0.2, -0.15) is 0 Å². The Bertz CT molecular complexity index is 622. The molecule has 3 rings (SSSR count). The fourth-order valence-electron chi connectivity index (χ4n) is 3.46. The van der Waals surface area contributed by atoms with Crippen LogP contribution in [0.25, 0.3) is 0 Å². The molecule has 2 fully saturated rings. The van der Waals surface area contributed by atoms with E-state index in [1.165, 1.54) is 12.1 Å². The third-order valence-corrected chi connectivity index (χ3v) is 5.04. The van der Waals surface area contributed by atoms with Crippen molar-refractivity contribution in [3.63, 3.8) is 0 Å². The molecule has 0 spiro atoms. The zero-order valence-electron chi connectivity index (χ0n) is 16.7. The molecule has 7 heteroatoms. The van der Waals surface area contributed by atoms with E-state index >= 15 is 0 Å². The van der Waals surface area contributed by atoms with Crippen LogP contribution >= 0.6 is 24.0 Å². The number of guanidine groups is 1. The molecule has 27 heavy (non-hydrogen) atoms. The molecular formula is C20H33IN4O2. The zero-order valence-corrected chi connectivity index (χ0v) is 19.0. The quantitative estimate of drug-likeness (QED) is 0.367. The van der Waals surface area contributed by atoms with Gasteiger partial charge >= 0.3 is 0 Å². The van der Waals surface area contributed by atoms with E-state index in [0.717, 1.165) is 57.5 Å². The van der Waals surface area contributed by atoms with Gasteiger partial charge in [-0.05, 0) is 31.9 Å². The summed E-state index contributed by atoms with van der Waals surface area (Å²) in [5, 5.41) is 7.01. The fraction of sp³-hybridized carbons (Fsp3) is 0.650. The summed E-state index contributed by atoms with van der Waals surface area (Å²) in [6.45, 7) is 9.67. The van der Waals surface area contributed by atoms with Crippen LogP contribution in [0.5, 0.6) is 5.75 Å². The van der Waals surface area contributed by atoms with Crippen LogP contribution in [0.4, 0.5) is 5.69 Å². The number of halogens is 1. The van der Waals surface area contributed by atoms with Crippen molar-refractivity contribution in [2.24, 2.45) is 10.4 Å². The number of nitrogens with one attached hydrogen (secondary N) is 2.